The third-order valence-electron chi connectivity index (χ3n) is 2.57. The van der Waals surface area contributed by atoms with Crippen LogP contribution in [0.5, 0.6) is 0 Å². The van der Waals surface area contributed by atoms with Crippen molar-refractivity contribution in [3.8, 4) is 0 Å². The number of hydrogen-bond acceptors (Lipinski definition) is 3. The van der Waals surface area contributed by atoms with E-state index in [9.17, 15) is 9.59 Å². The summed E-state index contributed by atoms with van der Waals surface area (Å²) < 4.78 is 0. The Morgan fingerprint density at radius 1 is 1.41 bits per heavy atom. The molecule has 6 heteroatoms. The molecule has 17 heavy (non-hydrogen) atoms. The molecule has 1 fully saturated rings. The monoisotopic (exact) mass is 243 g/mol. The molecule has 0 aromatic heterocycles. The Morgan fingerprint density at radius 2 is 2.12 bits per heavy atom. The van der Waals surface area contributed by atoms with Gasteiger partial charge in [0.2, 0.25) is 0 Å². The number of nitrogens with one attached hydrogen (secondary N) is 1. The maximum atomic E-state index is 12.1. The van der Waals surface area contributed by atoms with Gasteiger partial charge in [0.1, 0.15) is 6.04 Å². The summed E-state index contributed by atoms with van der Waals surface area (Å²) in [6.45, 7) is 5.10. The smallest absolute Gasteiger partial charge is 0.312 e. The van der Waals surface area contributed by atoms with E-state index in [1.807, 2.05) is 13.8 Å². The van der Waals surface area contributed by atoms with Crippen molar-refractivity contribution < 1.29 is 14.4 Å². The Bertz CT molecular complexity index is 275. The van der Waals surface area contributed by atoms with Crippen molar-refractivity contribution >= 4 is 11.9 Å². The Hall–Kier alpha value is -1.30. The minimum Gasteiger partial charge on any atom is -0.352 e. The minimum absolute atomic E-state index is 0.211. The zero-order valence-corrected chi connectivity index (χ0v) is 10.4. The van der Waals surface area contributed by atoms with Gasteiger partial charge in [-0.25, -0.2) is 9.86 Å². The van der Waals surface area contributed by atoms with Crippen LogP contribution < -0.4 is 11.1 Å². The first-order chi connectivity index (χ1) is 8.00. The predicted molar refractivity (Wildman–Crippen MR) is 62.9 cm³/mol. The van der Waals surface area contributed by atoms with E-state index < -0.39 is 12.1 Å². The molecule has 0 bridgehead atoms. The fourth-order valence-electron chi connectivity index (χ4n) is 1.81. The van der Waals surface area contributed by atoms with Crippen molar-refractivity contribution in [2.24, 2.45) is 11.7 Å². The van der Waals surface area contributed by atoms with Crippen molar-refractivity contribution in [1.29, 1.82) is 0 Å². The highest BCUT2D eigenvalue weighted by Crippen LogP contribution is 2.12. The Balaban J connectivity index is 2.60. The fourth-order valence-corrected chi connectivity index (χ4v) is 1.81. The van der Waals surface area contributed by atoms with Gasteiger partial charge in [-0.05, 0) is 25.2 Å². The molecule has 0 saturated carbocycles. The number of hydrogen-bond donors (Lipinski definition) is 2. The van der Waals surface area contributed by atoms with Gasteiger partial charge in [-0.1, -0.05) is 13.8 Å². The van der Waals surface area contributed by atoms with Crippen molar-refractivity contribution in [3.63, 3.8) is 0 Å². The standard InChI is InChI=1S/C11H21N3O3/c1-8(2)7-9(13-11(12)16)10(15)14-5-3-4-6-17-14/h8-9H,3-7H2,1-2H3,(H3,12,13,16). The van der Waals surface area contributed by atoms with Gasteiger partial charge in [0.25, 0.3) is 5.91 Å². The summed E-state index contributed by atoms with van der Waals surface area (Å²) in [5, 5.41) is 3.82. The molecular weight excluding hydrogens is 222 g/mol. The number of amides is 3. The zero-order chi connectivity index (χ0) is 12.8. The average molecular weight is 243 g/mol. The Morgan fingerprint density at radius 3 is 2.59 bits per heavy atom. The summed E-state index contributed by atoms with van der Waals surface area (Å²) in [7, 11) is 0. The van der Waals surface area contributed by atoms with Gasteiger partial charge in [0.05, 0.1) is 6.61 Å². The predicted octanol–water partition coefficient (Wildman–Crippen LogP) is 0.623. The topological polar surface area (TPSA) is 84.7 Å². The minimum atomic E-state index is -0.680. The first-order valence-electron chi connectivity index (χ1n) is 6.01. The number of carbonyl (C=O) groups excluding carboxylic acids is 2. The van der Waals surface area contributed by atoms with Crippen LogP contribution in [0.25, 0.3) is 0 Å². The van der Waals surface area contributed by atoms with Gasteiger partial charge in [0.15, 0.2) is 0 Å². The van der Waals surface area contributed by atoms with Gasteiger partial charge in [-0.15, -0.1) is 0 Å². The van der Waals surface area contributed by atoms with Crippen LogP contribution in [0, 0.1) is 5.92 Å². The van der Waals surface area contributed by atoms with E-state index in [0.717, 1.165) is 12.8 Å². The number of rotatable bonds is 4. The van der Waals surface area contributed by atoms with Crippen LogP contribution in [-0.4, -0.2) is 36.2 Å². The molecule has 0 spiro atoms. The van der Waals surface area contributed by atoms with E-state index in [2.05, 4.69) is 5.32 Å². The lowest BCUT2D eigenvalue weighted by molar-refractivity contribution is -0.199. The number of hydroxylamine groups is 2. The van der Waals surface area contributed by atoms with E-state index in [0.29, 0.717) is 25.5 Å². The second kappa shape index (κ2) is 6.44. The lowest BCUT2D eigenvalue weighted by Gasteiger charge is -2.30. The summed E-state index contributed by atoms with van der Waals surface area (Å²) in [6.07, 6.45) is 2.44. The van der Waals surface area contributed by atoms with Crippen LogP contribution in [0.1, 0.15) is 33.1 Å². The lowest BCUT2D eigenvalue weighted by atomic mass is 10.0. The Kier molecular flexibility index (Phi) is 5.21. The molecule has 0 aliphatic carbocycles. The maximum Gasteiger partial charge on any atom is 0.312 e. The van der Waals surface area contributed by atoms with E-state index in [4.69, 9.17) is 10.6 Å². The zero-order valence-electron chi connectivity index (χ0n) is 10.4. The highest BCUT2D eigenvalue weighted by atomic mass is 16.7. The molecule has 1 unspecified atom stereocenters. The maximum absolute atomic E-state index is 12.1. The van der Waals surface area contributed by atoms with Crippen LogP contribution in [-0.2, 0) is 9.63 Å². The molecule has 1 aliphatic rings. The van der Waals surface area contributed by atoms with E-state index >= 15 is 0 Å². The SMILES string of the molecule is CC(C)CC(NC(N)=O)C(=O)N1CCCCO1. The largest absolute Gasteiger partial charge is 0.352 e. The molecule has 1 atom stereocenters. The van der Waals surface area contributed by atoms with Crippen molar-refractivity contribution in [2.45, 2.75) is 39.2 Å². The molecule has 6 nitrogen and oxygen atoms in total. The second-order valence-corrected chi connectivity index (χ2v) is 4.67. The molecule has 1 saturated heterocycles. The Labute approximate surface area is 101 Å². The third kappa shape index (κ3) is 4.60. The molecule has 0 radical (unpaired) electrons. The van der Waals surface area contributed by atoms with Crippen LogP contribution in [0.3, 0.4) is 0 Å². The molecule has 0 aromatic rings. The van der Waals surface area contributed by atoms with Gasteiger partial charge in [-0.3, -0.25) is 9.63 Å². The fraction of sp³-hybridized carbons (Fsp3) is 0.818. The summed E-state index contributed by atoms with van der Waals surface area (Å²) in [5.41, 5.74) is 5.07. The first-order valence-corrected chi connectivity index (χ1v) is 6.01. The first kappa shape index (κ1) is 13.8. The molecule has 3 N–H and O–H groups in total. The molecular formula is C11H21N3O3. The van der Waals surface area contributed by atoms with Gasteiger partial charge in [0, 0.05) is 6.54 Å². The average Bonchev–Trinajstić information content (AvgIpc) is 2.27. The van der Waals surface area contributed by atoms with E-state index in [-0.39, 0.29) is 5.91 Å². The summed E-state index contributed by atoms with van der Waals surface area (Å²) >= 11 is 0. The highest BCUT2D eigenvalue weighted by Gasteiger charge is 2.28. The molecule has 0 aromatic carbocycles. The summed E-state index contributed by atoms with van der Waals surface area (Å²) in [6, 6.07) is -1.27. The summed E-state index contributed by atoms with van der Waals surface area (Å²) in [5.74, 6) is 0.0813. The second-order valence-electron chi connectivity index (χ2n) is 4.67. The van der Waals surface area contributed by atoms with Gasteiger partial charge >= 0.3 is 6.03 Å². The number of nitrogens with zero attached hydrogens (tertiary/aromatic N) is 1. The molecule has 1 rings (SSSR count). The number of urea groups is 1. The quantitative estimate of drug-likeness (QED) is 0.759. The van der Waals surface area contributed by atoms with Gasteiger partial charge < -0.3 is 11.1 Å². The highest BCUT2D eigenvalue weighted by molar-refractivity contribution is 5.85. The molecule has 3 amide bonds. The van der Waals surface area contributed by atoms with Crippen molar-refractivity contribution in [2.75, 3.05) is 13.2 Å². The van der Waals surface area contributed by atoms with Crippen LogP contribution in [0.15, 0.2) is 0 Å². The van der Waals surface area contributed by atoms with Crippen molar-refractivity contribution in [1.82, 2.24) is 10.4 Å². The normalized spacial score (nSPS) is 17.9. The number of primary amides is 1. The van der Waals surface area contributed by atoms with Crippen LogP contribution in [0.2, 0.25) is 0 Å². The van der Waals surface area contributed by atoms with E-state index in [1.54, 1.807) is 0 Å². The third-order valence-corrected chi connectivity index (χ3v) is 2.57. The van der Waals surface area contributed by atoms with Crippen molar-refractivity contribution in [3.05, 3.63) is 0 Å². The van der Waals surface area contributed by atoms with Gasteiger partial charge in [-0.2, -0.15) is 0 Å². The number of carbonyl (C=O) groups is 2. The summed E-state index contributed by atoms with van der Waals surface area (Å²) in [4.78, 5) is 28.3. The molecule has 1 aliphatic heterocycles. The van der Waals surface area contributed by atoms with Crippen LogP contribution in [0.4, 0.5) is 4.79 Å². The van der Waals surface area contributed by atoms with E-state index in [1.165, 1.54) is 5.06 Å². The lowest BCUT2D eigenvalue weighted by Crippen LogP contribution is -2.51. The van der Waals surface area contributed by atoms with Crippen LogP contribution >= 0.6 is 0 Å². The number of nitrogens with two attached hydrogens (primary N) is 1. The molecule has 98 valence electrons. The molecule has 1 heterocycles.